The van der Waals surface area contributed by atoms with E-state index in [1.165, 1.54) is 52.8 Å². The first-order valence-corrected chi connectivity index (χ1v) is 16.3. The zero-order valence-electron chi connectivity index (χ0n) is 24.7. The summed E-state index contributed by atoms with van der Waals surface area (Å²) in [6, 6.07) is 54.2. The van der Waals surface area contributed by atoms with Gasteiger partial charge < -0.3 is 0 Å². The summed E-state index contributed by atoms with van der Waals surface area (Å²) in [5.74, 6) is 0.673. The first kappa shape index (κ1) is 25.5. The lowest BCUT2D eigenvalue weighted by atomic mass is 9.99. The molecular formula is C42H25N3S. The van der Waals surface area contributed by atoms with Crippen molar-refractivity contribution in [3.63, 3.8) is 0 Å². The van der Waals surface area contributed by atoms with Crippen LogP contribution >= 0.6 is 11.3 Å². The van der Waals surface area contributed by atoms with E-state index >= 15 is 0 Å². The Bertz CT molecular complexity index is 2810. The van der Waals surface area contributed by atoms with Gasteiger partial charge >= 0.3 is 0 Å². The normalized spacial score (nSPS) is 11.9. The number of hydrogen-bond acceptors (Lipinski definition) is 3. The molecule has 3 heterocycles. The Morgan fingerprint density at radius 2 is 1.11 bits per heavy atom. The number of thiophene rings is 1. The second-order valence-electron chi connectivity index (χ2n) is 11.8. The minimum atomic E-state index is 0.673. The number of rotatable bonds is 3. The van der Waals surface area contributed by atoms with Crippen molar-refractivity contribution in [2.24, 2.45) is 0 Å². The Hall–Kier alpha value is -5.84. The number of para-hydroxylation sites is 1. The van der Waals surface area contributed by atoms with Crippen molar-refractivity contribution in [2.45, 2.75) is 0 Å². The van der Waals surface area contributed by atoms with Gasteiger partial charge in [0.15, 0.2) is 0 Å². The van der Waals surface area contributed by atoms with Crippen LogP contribution < -0.4 is 0 Å². The lowest BCUT2D eigenvalue weighted by Gasteiger charge is -2.12. The van der Waals surface area contributed by atoms with Gasteiger partial charge in [-0.05, 0) is 64.4 Å². The third-order valence-electron chi connectivity index (χ3n) is 9.20. The van der Waals surface area contributed by atoms with Crippen molar-refractivity contribution in [1.29, 1.82) is 0 Å². The van der Waals surface area contributed by atoms with E-state index < -0.39 is 0 Å². The summed E-state index contributed by atoms with van der Waals surface area (Å²) in [7, 11) is 0. The highest BCUT2D eigenvalue weighted by Gasteiger charge is 2.19. The fourth-order valence-corrected chi connectivity index (χ4v) is 8.16. The van der Waals surface area contributed by atoms with Crippen LogP contribution in [0.2, 0.25) is 0 Å². The number of aromatic nitrogens is 3. The largest absolute Gasteiger partial charge is 0.278 e. The quantitative estimate of drug-likeness (QED) is 0.201. The summed E-state index contributed by atoms with van der Waals surface area (Å²) in [4.78, 5) is 10.5. The molecule has 4 heteroatoms. The standard InChI is InChI=1S/C42H25N3S/c1-2-11-27(12-3-1)41-32-15-6-8-16-35(32)43-42(44-41)45-36-21-19-28(25-34(36)40-30-13-5-4-10-26(30)18-22-37(40)45)29-20-23-39-33(24-29)31-14-7-9-17-38(31)46-39/h1-25H. The zero-order valence-corrected chi connectivity index (χ0v) is 25.5. The van der Waals surface area contributed by atoms with Gasteiger partial charge in [-0.2, -0.15) is 0 Å². The molecule has 0 aliphatic carbocycles. The summed E-state index contributed by atoms with van der Waals surface area (Å²) in [6.45, 7) is 0. The SMILES string of the molecule is c1ccc(-c2nc(-n3c4ccc(-c5ccc6sc7ccccc7c6c5)cc4c4c5ccccc5ccc43)nc3ccccc23)cc1. The molecule has 10 rings (SSSR count). The Kier molecular flexibility index (Phi) is 5.45. The second kappa shape index (κ2) is 9.83. The fraction of sp³-hybridized carbons (Fsp3) is 0. The number of hydrogen-bond donors (Lipinski definition) is 0. The van der Waals surface area contributed by atoms with Gasteiger partial charge in [0.25, 0.3) is 0 Å². The van der Waals surface area contributed by atoms with E-state index in [-0.39, 0.29) is 0 Å². The van der Waals surface area contributed by atoms with Crippen molar-refractivity contribution in [1.82, 2.24) is 14.5 Å². The van der Waals surface area contributed by atoms with E-state index in [9.17, 15) is 0 Å². The molecule has 0 amide bonds. The molecule has 3 aromatic heterocycles. The molecule has 0 N–H and O–H groups in total. The van der Waals surface area contributed by atoms with Gasteiger partial charge in [0, 0.05) is 41.9 Å². The van der Waals surface area contributed by atoms with Gasteiger partial charge in [0.2, 0.25) is 5.95 Å². The Balaban J connectivity index is 1.27. The van der Waals surface area contributed by atoms with Crippen LogP contribution in [0.5, 0.6) is 0 Å². The van der Waals surface area contributed by atoms with Gasteiger partial charge in [0.1, 0.15) is 0 Å². The molecule has 0 spiro atoms. The lowest BCUT2D eigenvalue weighted by molar-refractivity contribution is 1.01. The van der Waals surface area contributed by atoms with Crippen LogP contribution in [0.1, 0.15) is 0 Å². The molecule has 10 aromatic rings. The topological polar surface area (TPSA) is 30.7 Å². The van der Waals surface area contributed by atoms with Crippen LogP contribution in [-0.2, 0) is 0 Å². The van der Waals surface area contributed by atoms with E-state index in [4.69, 9.17) is 9.97 Å². The third-order valence-corrected chi connectivity index (χ3v) is 10.4. The number of benzene rings is 7. The average Bonchev–Trinajstić information content (AvgIpc) is 3.66. The molecule has 0 saturated heterocycles. The van der Waals surface area contributed by atoms with Crippen molar-refractivity contribution >= 4 is 75.0 Å². The maximum atomic E-state index is 5.28. The predicted octanol–water partition coefficient (Wildman–Crippen LogP) is 11.6. The van der Waals surface area contributed by atoms with Crippen molar-refractivity contribution in [2.75, 3.05) is 0 Å². The summed E-state index contributed by atoms with van der Waals surface area (Å²) in [6.07, 6.45) is 0. The highest BCUT2D eigenvalue weighted by atomic mass is 32.1. The third kappa shape index (κ3) is 3.77. The first-order valence-electron chi connectivity index (χ1n) is 15.5. The molecule has 3 nitrogen and oxygen atoms in total. The van der Waals surface area contributed by atoms with Gasteiger partial charge in [-0.15, -0.1) is 11.3 Å². The summed E-state index contributed by atoms with van der Waals surface area (Å²) >= 11 is 1.86. The molecule has 0 unspecified atom stereocenters. The molecule has 46 heavy (non-hydrogen) atoms. The first-order chi connectivity index (χ1) is 22.8. The predicted molar refractivity (Wildman–Crippen MR) is 195 cm³/mol. The zero-order chi connectivity index (χ0) is 30.2. The summed E-state index contributed by atoms with van der Waals surface area (Å²) in [5, 5.41) is 8.52. The molecule has 0 aliphatic rings. The molecule has 214 valence electrons. The highest BCUT2D eigenvalue weighted by Crippen LogP contribution is 2.41. The van der Waals surface area contributed by atoms with E-state index in [0.29, 0.717) is 5.95 Å². The lowest BCUT2D eigenvalue weighted by Crippen LogP contribution is -2.03. The monoisotopic (exact) mass is 603 g/mol. The van der Waals surface area contributed by atoms with Gasteiger partial charge in [-0.3, -0.25) is 4.57 Å². The van der Waals surface area contributed by atoms with Crippen LogP contribution in [0, 0.1) is 0 Å². The molecule has 0 radical (unpaired) electrons. The van der Waals surface area contributed by atoms with E-state index in [1.807, 2.05) is 23.5 Å². The van der Waals surface area contributed by atoms with Gasteiger partial charge in [-0.25, -0.2) is 9.97 Å². The molecule has 0 atom stereocenters. The van der Waals surface area contributed by atoms with Crippen molar-refractivity contribution < 1.29 is 0 Å². The molecule has 0 saturated carbocycles. The van der Waals surface area contributed by atoms with Crippen LogP contribution in [0.4, 0.5) is 0 Å². The van der Waals surface area contributed by atoms with Crippen LogP contribution in [0.25, 0.3) is 92.0 Å². The van der Waals surface area contributed by atoms with Crippen LogP contribution in [0.3, 0.4) is 0 Å². The minimum Gasteiger partial charge on any atom is -0.278 e. The average molecular weight is 604 g/mol. The maximum absolute atomic E-state index is 5.28. The number of nitrogens with zero attached hydrogens (tertiary/aromatic N) is 3. The van der Waals surface area contributed by atoms with E-state index in [0.717, 1.165) is 33.2 Å². The molecule has 0 fully saturated rings. The highest BCUT2D eigenvalue weighted by molar-refractivity contribution is 7.25. The van der Waals surface area contributed by atoms with Gasteiger partial charge in [-0.1, -0.05) is 109 Å². The van der Waals surface area contributed by atoms with Crippen molar-refractivity contribution in [3.8, 4) is 28.3 Å². The van der Waals surface area contributed by atoms with E-state index in [2.05, 4.69) is 144 Å². The Morgan fingerprint density at radius 3 is 2.00 bits per heavy atom. The van der Waals surface area contributed by atoms with Crippen LogP contribution in [-0.4, -0.2) is 14.5 Å². The Morgan fingerprint density at radius 1 is 0.435 bits per heavy atom. The van der Waals surface area contributed by atoms with Crippen molar-refractivity contribution in [3.05, 3.63) is 152 Å². The summed E-state index contributed by atoms with van der Waals surface area (Å²) in [5.41, 5.74) is 7.53. The van der Waals surface area contributed by atoms with Crippen LogP contribution in [0.15, 0.2) is 152 Å². The second-order valence-corrected chi connectivity index (χ2v) is 12.9. The molecule has 7 aromatic carbocycles. The number of fused-ring (bicyclic) bond motifs is 9. The summed E-state index contributed by atoms with van der Waals surface area (Å²) < 4.78 is 4.89. The smallest absolute Gasteiger partial charge is 0.235 e. The maximum Gasteiger partial charge on any atom is 0.235 e. The van der Waals surface area contributed by atoms with E-state index in [1.54, 1.807) is 0 Å². The molecule has 0 bridgehead atoms. The molecule has 0 aliphatic heterocycles. The fourth-order valence-electron chi connectivity index (χ4n) is 7.07. The molecular weight excluding hydrogens is 579 g/mol. The Labute approximate surface area is 268 Å². The van der Waals surface area contributed by atoms with Gasteiger partial charge in [0.05, 0.1) is 22.2 Å². The minimum absolute atomic E-state index is 0.673.